The Morgan fingerprint density at radius 2 is 1.00 bits per heavy atom. The lowest BCUT2D eigenvalue weighted by molar-refractivity contribution is -0.144. The summed E-state index contributed by atoms with van der Waals surface area (Å²) in [6.45, 7) is 9.72. The van der Waals surface area contributed by atoms with Crippen LogP contribution in [0.4, 0.5) is 0 Å². The second kappa shape index (κ2) is 38.9. The van der Waals surface area contributed by atoms with E-state index in [9.17, 15) is 82.8 Å². The highest BCUT2D eigenvalue weighted by Gasteiger charge is 2.41. The fourth-order valence-corrected chi connectivity index (χ4v) is 9.55. The molecule has 0 bridgehead atoms. The first-order valence-electron chi connectivity index (χ1n) is 29.9. The lowest BCUT2D eigenvalue weighted by Gasteiger charge is -2.31. The summed E-state index contributed by atoms with van der Waals surface area (Å²) in [5.74, 6) is -15.6. The Morgan fingerprint density at radius 3 is 1.48 bits per heavy atom. The molecule has 1 fully saturated rings. The minimum Gasteiger partial charge on any atom is -0.508 e. The maximum atomic E-state index is 14.5. The smallest absolute Gasteiger partial charge is 0.326 e. The fourth-order valence-electron chi connectivity index (χ4n) is 9.55. The topological polar surface area (TPSA) is 583 Å². The first-order valence-corrected chi connectivity index (χ1v) is 29.9. The fraction of sp³-hybridized carbons (Fsp3) is 0.632. The molecule has 34 heteroatoms. The molecule has 1 aromatic rings. The number of likely N-dealkylation sites (tertiary alicyclic amines) is 1. The molecule has 0 saturated carbocycles. The van der Waals surface area contributed by atoms with Crippen molar-refractivity contribution in [3.05, 3.63) is 29.8 Å². The number of carboxylic acids is 3. The second-order valence-electron chi connectivity index (χ2n) is 23.4. The lowest BCUT2D eigenvalue weighted by Crippen LogP contribution is -2.61. The van der Waals surface area contributed by atoms with Crippen LogP contribution in [-0.2, 0) is 68.7 Å². The Labute approximate surface area is 526 Å². The molecule has 1 aliphatic heterocycles. The van der Waals surface area contributed by atoms with Gasteiger partial charge >= 0.3 is 17.9 Å². The summed E-state index contributed by atoms with van der Waals surface area (Å²) in [5, 5.41) is 59.1. The molecule has 0 aliphatic carbocycles. The van der Waals surface area contributed by atoms with Crippen LogP contribution in [0.5, 0.6) is 5.75 Å². The van der Waals surface area contributed by atoms with Crippen molar-refractivity contribution in [3.63, 3.8) is 0 Å². The van der Waals surface area contributed by atoms with E-state index in [1.807, 2.05) is 0 Å². The zero-order valence-electron chi connectivity index (χ0n) is 52.2. The molecule has 2 rings (SSSR count). The average molecular weight is 1290 g/mol. The van der Waals surface area contributed by atoms with Gasteiger partial charge in [0, 0.05) is 38.9 Å². The van der Waals surface area contributed by atoms with E-state index in [1.54, 1.807) is 27.7 Å². The van der Waals surface area contributed by atoms with Gasteiger partial charge in [-0.2, -0.15) is 0 Å². The van der Waals surface area contributed by atoms with Crippen molar-refractivity contribution < 1.29 is 82.8 Å². The number of phenols is 1. The third-order valence-electron chi connectivity index (χ3n) is 14.2. The summed E-state index contributed by atoms with van der Waals surface area (Å²) >= 11 is 0. The number of rotatable bonds is 41. The largest absolute Gasteiger partial charge is 0.508 e. The Bertz CT molecular complexity index is 2760. The number of phenolic OH excluding ortho intramolecular Hbond substituents is 1. The molecule has 34 nitrogen and oxygen atoms in total. The molecule has 24 N–H and O–H groups in total. The van der Waals surface area contributed by atoms with Crippen LogP contribution in [0, 0.1) is 17.8 Å². The summed E-state index contributed by atoms with van der Waals surface area (Å²) in [6, 6.07) is -9.15. The number of primary amides is 1. The van der Waals surface area contributed by atoms with Gasteiger partial charge in [-0.05, 0) is 99.7 Å². The maximum absolute atomic E-state index is 14.5. The number of amides is 10. The molecule has 0 aromatic heterocycles. The maximum Gasteiger partial charge on any atom is 0.326 e. The number of carbonyl (C=O) groups excluding carboxylic acids is 10. The van der Waals surface area contributed by atoms with Gasteiger partial charge in [0.2, 0.25) is 59.1 Å². The highest BCUT2D eigenvalue weighted by atomic mass is 16.4. The van der Waals surface area contributed by atoms with Crippen molar-refractivity contribution >= 4 is 88.9 Å². The van der Waals surface area contributed by atoms with Crippen LogP contribution in [0.15, 0.2) is 34.3 Å². The number of carbonyl (C=O) groups is 13. The third kappa shape index (κ3) is 29.2. The summed E-state index contributed by atoms with van der Waals surface area (Å²) < 4.78 is 0. The number of nitrogens with one attached hydrogen (secondary N) is 8. The van der Waals surface area contributed by atoms with Crippen LogP contribution in [-0.4, -0.2) is 194 Å². The molecule has 1 heterocycles. The number of aromatic hydroxyl groups is 1. The van der Waals surface area contributed by atoms with Crippen molar-refractivity contribution in [1.82, 2.24) is 47.4 Å². The van der Waals surface area contributed by atoms with Crippen LogP contribution in [0.1, 0.15) is 131 Å². The number of benzene rings is 1. The van der Waals surface area contributed by atoms with Crippen LogP contribution in [0.3, 0.4) is 0 Å². The van der Waals surface area contributed by atoms with Crippen molar-refractivity contribution in [3.8, 4) is 5.75 Å². The van der Waals surface area contributed by atoms with Gasteiger partial charge in [0.05, 0.1) is 12.5 Å². The van der Waals surface area contributed by atoms with Gasteiger partial charge in [-0.15, -0.1) is 0 Å². The van der Waals surface area contributed by atoms with Gasteiger partial charge in [-0.1, -0.05) is 53.7 Å². The normalized spacial score (nSPS) is 15.8. The Hall–Kier alpha value is -9.37. The molecular weight excluding hydrogens is 1190 g/mol. The van der Waals surface area contributed by atoms with Gasteiger partial charge in [0.1, 0.15) is 60.1 Å². The number of aliphatic carboxylic acids is 3. The summed E-state index contributed by atoms with van der Waals surface area (Å²) in [6.07, 6.45) is -2.86. The van der Waals surface area contributed by atoms with Gasteiger partial charge in [-0.3, -0.25) is 67.5 Å². The van der Waals surface area contributed by atoms with Gasteiger partial charge in [0.25, 0.3) is 0 Å². The van der Waals surface area contributed by atoms with E-state index in [0.717, 1.165) is 4.90 Å². The number of nitrogens with two attached hydrogens (primary N) is 6. The summed E-state index contributed by atoms with van der Waals surface area (Å²) in [4.78, 5) is 183. The molecule has 0 spiro atoms. The predicted molar refractivity (Wildman–Crippen MR) is 329 cm³/mol. The summed E-state index contributed by atoms with van der Waals surface area (Å²) in [7, 11) is 0. The van der Waals surface area contributed by atoms with Gasteiger partial charge in [0.15, 0.2) is 11.9 Å². The van der Waals surface area contributed by atoms with Crippen LogP contribution in [0.25, 0.3) is 0 Å². The van der Waals surface area contributed by atoms with Crippen molar-refractivity contribution in [2.75, 3.05) is 19.6 Å². The van der Waals surface area contributed by atoms with E-state index in [0.29, 0.717) is 5.56 Å². The number of carboxylic acid groups (broad SMARTS) is 3. The monoisotopic (exact) mass is 1290 g/mol. The van der Waals surface area contributed by atoms with E-state index in [1.165, 1.54) is 38.1 Å². The molecular formula is C57H93N17O17. The average Bonchev–Trinajstić information content (AvgIpc) is 1.90. The highest BCUT2D eigenvalue weighted by molar-refractivity contribution is 5.99. The number of nitrogens with zero attached hydrogens (tertiary/aromatic N) is 3. The van der Waals surface area contributed by atoms with Crippen molar-refractivity contribution in [2.24, 2.45) is 62.1 Å². The minimum absolute atomic E-state index is 0.00116. The number of hydrogen-bond acceptors (Lipinski definition) is 17. The second-order valence-corrected chi connectivity index (χ2v) is 23.4. The van der Waals surface area contributed by atoms with E-state index in [2.05, 4.69) is 52.5 Å². The first kappa shape index (κ1) is 77.7. The zero-order valence-corrected chi connectivity index (χ0v) is 52.2. The Morgan fingerprint density at radius 1 is 0.538 bits per heavy atom. The molecule has 1 saturated heterocycles. The van der Waals surface area contributed by atoms with Crippen molar-refractivity contribution in [1.29, 1.82) is 0 Å². The summed E-state index contributed by atoms with van der Waals surface area (Å²) in [5.41, 5.74) is 33.8. The third-order valence-corrected chi connectivity index (χ3v) is 14.2. The van der Waals surface area contributed by atoms with Crippen LogP contribution >= 0.6 is 0 Å². The highest BCUT2D eigenvalue weighted by Crippen LogP contribution is 2.22. The molecule has 1 aromatic carbocycles. The molecule has 0 radical (unpaired) electrons. The molecule has 10 amide bonds. The molecule has 0 unspecified atom stereocenters. The van der Waals surface area contributed by atoms with Crippen LogP contribution < -0.4 is 76.9 Å². The SMILES string of the molecule is CC(C)C[C@H](NC(=O)[C@H](CCC(=O)O)NC(=O)[C@@H](NC(=O)[C@H](CCCN=C(N)N)NC(=O)[C@H](CCCN=C(N)N)NC(=O)[C@H](CC(C)C)NC(=O)[C@H](CC(=O)O)NC(=O)[C@@H]1CCCN1C(=O)[C@H](Cc1ccc(O)cc1)NC(=O)[C@@H](N)CCC(N)=O)C(C)C)C(=O)O. The number of guanidine groups is 2. The Kier molecular flexibility index (Phi) is 33.2. The number of aliphatic imine (C=N–C) groups is 2. The molecule has 10 atom stereocenters. The van der Waals surface area contributed by atoms with E-state index in [-0.39, 0.29) is 120 Å². The predicted octanol–water partition coefficient (Wildman–Crippen LogP) is -4.32. The molecule has 1 aliphatic rings. The van der Waals surface area contributed by atoms with Crippen LogP contribution in [0.2, 0.25) is 0 Å². The quantitative estimate of drug-likeness (QED) is 0.0167. The van der Waals surface area contributed by atoms with Gasteiger partial charge in [-0.25, -0.2) is 4.79 Å². The number of hydrogen-bond donors (Lipinski definition) is 18. The van der Waals surface area contributed by atoms with Gasteiger partial charge < -0.3 is 102 Å². The minimum atomic E-state index is -1.87. The van der Waals surface area contributed by atoms with E-state index < -0.39 is 163 Å². The standard InChI is InChI=1S/C57H93N17O17/c1-28(2)24-37(69-51(86)38(27-44(79)80)70-52(87)41-12-9-23-74(41)54(89)39(26-31-13-15-32(75)16-14-31)71-46(81)33(58)17-19-42(59)76)50(85)67-34(10-7-21-64-56(60)61)47(82)66-35(11-8-22-65-57(62)63)49(84)73-45(30(5)6)53(88)68-36(18-20-43(77)78)48(83)72-40(55(90)91)25-29(3)4/h13-16,28-30,33-41,45,75H,7-12,17-27,58H2,1-6H3,(H2,59,76)(H,66,82)(H,67,85)(H,68,88)(H,69,86)(H,70,87)(H,71,81)(H,72,83)(H,73,84)(H,77,78)(H,79,80)(H,90,91)(H4,60,61,64)(H4,62,63,65)/t33-,34-,35-,36-,37-,38-,39-,40-,41-,45-/m0/s1. The Balaban J connectivity index is 2.53. The van der Waals surface area contributed by atoms with E-state index in [4.69, 9.17) is 34.4 Å². The van der Waals surface area contributed by atoms with Crippen molar-refractivity contribution in [2.45, 2.75) is 192 Å². The first-order chi connectivity index (χ1) is 42.6. The molecule has 91 heavy (non-hydrogen) atoms. The lowest BCUT2D eigenvalue weighted by atomic mass is 10.00. The molecule has 508 valence electrons. The van der Waals surface area contributed by atoms with E-state index >= 15 is 0 Å². The zero-order chi connectivity index (χ0) is 68.8.